The molecule has 0 fully saturated rings. The molecule has 6 heteroatoms. The van der Waals surface area contributed by atoms with Gasteiger partial charge in [0.1, 0.15) is 0 Å². The van der Waals surface area contributed by atoms with Crippen LogP contribution < -0.4 is 4.74 Å². The van der Waals surface area contributed by atoms with Crippen LogP contribution in [0.2, 0.25) is 0 Å². The minimum absolute atomic E-state index is 0.123. The van der Waals surface area contributed by atoms with Gasteiger partial charge < -0.3 is 9.84 Å². The number of hydrogen-bond acceptors (Lipinski definition) is 2. The summed E-state index contributed by atoms with van der Waals surface area (Å²) in [7, 11) is 1.18. The number of methoxy groups -OCH3 is 1. The van der Waals surface area contributed by atoms with Crippen molar-refractivity contribution in [2.75, 3.05) is 7.11 Å². The molecule has 1 N–H and O–H groups in total. The van der Waals surface area contributed by atoms with Crippen molar-refractivity contribution in [3.05, 3.63) is 27.7 Å². The van der Waals surface area contributed by atoms with Crippen molar-refractivity contribution in [2.24, 2.45) is 0 Å². The van der Waals surface area contributed by atoms with Gasteiger partial charge >= 0.3 is 5.97 Å². The van der Waals surface area contributed by atoms with Gasteiger partial charge in [0, 0.05) is 0 Å². The molecule has 0 bridgehead atoms. The van der Waals surface area contributed by atoms with E-state index < -0.39 is 24.0 Å². The lowest BCUT2D eigenvalue weighted by atomic mass is 10.1. The summed E-state index contributed by atoms with van der Waals surface area (Å²) in [5.41, 5.74) is 0.123. The summed E-state index contributed by atoms with van der Waals surface area (Å²) >= 11 is 2.79. The van der Waals surface area contributed by atoms with Crippen molar-refractivity contribution in [3.8, 4) is 5.75 Å². The van der Waals surface area contributed by atoms with Crippen molar-refractivity contribution in [3.63, 3.8) is 0 Å². The van der Waals surface area contributed by atoms with Crippen LogP contribution in [0.5, 0.6) is 5.75 Å². The summed E-state index contributed by atoms with van der Waals surface area (Å²) in [6.07, 6.45) is -0.409. The third-order valence-corrected chi connectivity index (χ3v) is 2.61. The van der Waals surface area contributed by atoms with Crippen molar-refractivity contribution in [1.82, 2.24) is 0 Å². The zero-order chi connectivity index (χ0) is 11.6. The van der Waals surface area contributed by atoms with Gasteiger partial charge in [-0.2, -0.15) is 4.39 Å². The zero-order valence-electron chi connectivity index (χ0n) is 7.68. The standard InChI is InChI=1S/C9H7BrF2O3/c1-15-5-2-4(3-6(13)14)7(10)9(12)8(5)11/h2H,3H2,1H3,(H,13,14). The summed E-state index contributed by atoms with van der Waals surface area (Å²) < 4.78 is 30.7. The molecule has 0 saturated heterocycles. The molecule has 0 aliphatic rings. The highest BCUT2D eigenvalue weighted by atomic mass is 79.9. The maximum atomic E-state index is 13.2. The van der Waals surface area contributed by atoms with E-state index in [0.717, 1.165) is 6.07 Å². The van der Waals surface area contributed by atoms with E-state index in [1.54, 1.807) is 0 Å². The largest absolute Gasteiger partial charge is 0.494 e. The second kappa shape index (κ2) is 4.57. The molecule has 82 valence electrons. The topological polar surface area (TPSA) is 46.5 Å². The van der Waals surface area contributed by atoms with Gasteiger partial charge in [-0.1, -0.05) is 0 Å². The highest BCUT2D eigenvalue weighted by Crippen LogP contribution is 2.30. The molecule has 0 radical (unpaired) electrons. The Morgan fingerprint density at radius 2 is 2.13 bits per heavy atom. The summed E-state index contributed by atoms with van der Waals surface area (Å²) in [6.45, 7) is 0. The number of ether oxygens (including phenoxy) is 1. The maximum absolute atomic E-state index is 13.2. The van der Waals surface area contributed by atoms with Crippen LogP contribution >= 0.6 is 15.9 Å². The molecule has 0 aliphatic heterocycles. The first-order chi connectivity index (χ1) is 6.97. The first-order valence-corrected chi connectivity index (χ1v) is 4.68. The first-order valence-electron chi connectivity index (χ1n) is 3.89. The van der Waals surface area contributed by atoms with Gasteiger partial charge in [0.2, 0.25) is 5.82 Å². The Morgan fingerprint density at radius 1 is 1.53 bits per heavy atom. The second-order valence-electron chi connectivity index (χ2n) is 2.75. The average Bonchev–Trinajstić information content (AvgIpc) is 2.18. The van der Waals surface area contributed by atoms with Gasteiger partial charge in [-0.3, -0.25) is 4.79 Å². The molecule has 0 unspecified atom stereocenters. The van der Waals surface area contributed by atoms with Gasteiger partial charge in [-0.15, -0.1) is 0 Å². The van der Waals surface area contributed by atoms with E-state index in [1.807, 2.05) is 0 Å². The van der Waals surface area contributed by atoms with E-state index in [9.17, 15) is 13.6 Å². The quantitative estimate of drug-likeness (QED) is 0.865. The molecule has 15 heavy (non-hydrogen) atoms. The monoisotopic (exact) mass is 280 g/mol. The molecular weight excluding hydrogens is 274 g/mol. The van der Waals surface area contributed by atoms with E-state index in [1.165, 1.54) is 7.11 Å². The second-order valence-corrected chi connectivity index (χ2v) is 3.54. The summed E-state index contributed by atoms with van der Waals surface area (Å²) in [5, 5.41) is 8.54. The Balaban J connectivity index is 3.28. The van der Waals surface area contributed by atoms with Crippen LogP contribution in [0.25, 0.3) is 0 Å². The first kappa shape index (κ1) is 11.9. The molecule has 0 amide bonds. The minimum Gasteiger partial charge on any atom is -0.494 e. The number of carbonyl (C=O) groups is 1. The van der Waals surface area contributed by atoms with E-state index in [0.29, 0.717) is 0 Å². The molecule has 3 nitrogen and oxygen atoms in total. The molecular formula is C9H7BrF2O3. The van der Waals surface area contributed by atoms with E-state index in [2.05, 4.69) is 20.7 Å². The predicted octanol–water partition coefficient (Wildman–Crippen LogP) is 2.36. The third kappa shape index (κ3) is 2.44. The normalized spacial score (nSPS) is 10.1. The molecule has 0 aromatic heterocycles. The van der Waals surface area contributed by atoms with Crippen LogP contribution in [0.15, 0.2) is 10.5 Å². The van der Waals surface area contributed by atoms with Crippen LogP contribution in [0.4, 0.5) is 8.78 Å². The summed E-state index contributed by atoms with van der Waals surface area (Å²) in [5.74, 6) is -3.74. The molecule has 0 atom stereocenters. The smallest absolute Gasteiger partial charge is 0.307 e. The van der Waals surface area contributed by atoms with Crippen LogP contribution in [0.3, 0.4) is 0 Å². The fourth-order valence-corrected chi connectivity index (χ4v) is 1.50. The minimum atomic E-state index is -1.15. The fourth-order valence-electron chi connectivity index (χ4n) is 1.07. The number of benzene rings is 1. The Kier molecular flexibility index (Phi) is 3.62. The highest BCUT2D eigenvalue weighted by molar-refractivity contribution is 9.10. The third-order valence-electron chi connectivity index (χ3n) is 1.75. The van der Waals surface area contributed by atoms with Crippen LogP contribution in [0.1, 0.15) is 5.56 Å². The number of hydrogen-bond donors (Lipinski definition) is 1. The molecule has 0 heterocycles. The molecule has 1 aromatic rings. The van der Waals surface area contributed by atoms with Gasteiger partial charge in [0.05, 0.1) is 18.0 Å². The summed E-state index contributed by atoms with van der Waals surface area (Å²) in [6, 6.07) is 1.15. The van der Waals surface area contributed by atoms with Crippen molar-refractivity contribution >= 4 is 21.9 Å². The Bertz CT molecular complexity index is 407. The van der Waals surface area contributed by atoms with Gasteiger partial charge in [-0.25, -0.2) is 4.39 Å². The van der Waals surface area contributed by atoms with Crippen LogP contribution in [-0.4, -0.2) is 18.2 Å². The highest BCUT2D eigenvalue weighted by Gasteiger charge is 2.18. The van der Waals surface area contributed by atoms with Crippen molar-refractivity contribution in [2.45, 2.75) is 6.42 Å². The number of carboxylic acids is 1. The van der Waals surface area contributed by atoms with Crippen molar-refractivity contribution in [1.29, 1.82) is 0 Å². The van der Waals surface area contributed by atoms with Crippen molar-refractivity contribution < 1.29 is 23.4 Å². The Morgan fingerprint density at radius 3 is 2.60 bits per heavy atom. The van der Waals surface area contributed by atoms with Gasteiger partial charge in [0.25, 0.3) is 0 Å². The Hall–Kier alpha value is -1.17. The predicted molar refractivity (Wildman–Crippen MR) is 51.9 cm³/mol. The SMILES string of the molecule is COc1cc(CC(=O)O)c(Br)c(F)c1F. The zero-order valence-corrected chi connectivity index (χ0v) is 9.27. The maximum Gasteiger partial charge on any atom is 0.307 e. The van der Waals surface area contributed by atoms with E-state index in [4.69, 9.17) is 5.11 Å². The van der Waals surface area contributed by atoms with E-state index >= 15 is 0 Å². The molecule has 1 rings (SSSR count). The lowest BCUT2D eigenvalue weighted by Gasteiger charge is -2.08. The molecule has 0 aliphatic carbocycles. The average molecular weight is 281 g/mol. The lowest BCUT2D eigenvalue weighted by molar-refractivity contribution is -0.136. The van der Waals surface area contributed by atoms with Gasteiger partial charge in [-0.05, 0) is 27.6 Å². The van der Waals surface area contributed by atoms with Gasteiger partial charge in [0.15, 0.2) is 11.6 Å². The molecule has 0 spiro atoms. The number of rotatable bonds is 3. The fraction of sp³-hybridized carbons (Fsp3) is 0.222. The lowest BCUT2D eigenvalue weighted by Crippen LogP contribution is -2.04. The summed E-state index contributed by atoms with van der Waals surface area (Å²) in [4.78, 5) is 10.4. The van der Waals surface area contributed by atoms with E-state index in [-0.39, 0.29) is 15.8 Å². The number of aliphatic carboxylic acids is 1. The number of halogens is 3. The van der Waals surface area contributed by atoms with Crippen LogP contribution in [-0.2, 0) is 11.2 Å². The molecule has 0 saturated carbocycles. The number of carboxylic acid groups (broad SMARTS) is 1. The Labute approximate surface area is 92.8 Å². The van der Waals surface area contributed by atoms with Crippen LogP contribution in [0, 0.1) is 11.6 Å². The molecule has 1 aromatic carbocycles.